The lowest BCUT2D eigenvalue weighted by atomic mass is 10.0. The van der Waals surface area contributed by atoms with Gasteiger partial charge >= 0.3 is 0 Å². The van der Waals surface area contributed by atoms with Crippen LogP contribution in [0.1, 0.15) is 12.5 Å². The third kappa shape index (κ3) is 2.15. The summed E-state index contributed by atoms with van der Waals surface area (Å²) in [6, 6.07) is 11.8. The second-order valence-electron chi connectivity index (χ2n) is 3.49. The Bertz CT molecular complexity index is 496. The van der Waals surface area contributed by atoms with Crippen LogP contribution in [0.3, 0.4) is 0 Å². The molecule has 15 heavy (non-hydrogen) atoms. The Labute approximate surface area is 88.6 Å². The first-order valence-electron chi connectivity index (χ1n) is 5.07. The van der Waals surface area contributed by atoms with Gasteiger partial charge in [0.2, 0.25) is 5.56 Å². The van der Waals surface area contributed by atoms with Gasteiger partial charge in [0.25, 0.3) is 0 Å². The van der Waals surface area contributed by atoms with Crippen molar-refractivity contribution in [3.8, 4) is 11.1 Å². The molecule has 1 aromatic carbocycles. The molecule has 2 aromatic rings. The smallest absolute Gasteiger partial charge is 0.248 e. The second-order valence-corrected chi connectivity index (χ2v) is 3.49. The van der Waals surface area contributed by atoms with Gasteiger partial charge < -0.3 is 4.98 Å². The van der Waals surface area contributed by atoms with Crippen molar-refractivity contribution in [2.45, 2.75) is 13.3 Å². The van der Waals surface area contributed by atoms with Crippen LogP contribution in [0.15, 0.2) is 47.4 Å². The van der Waals surface area contributed by atoms with E-state index in [1.165, 1.54) is 5.56 Å². The van der Waals surface area contributed by atoms with E-state index in [0.717, 1.165) is 17.5 Å². The molecule has 2 heteroatoms. The van der Waals surface area contributed by atoms with Gasteiger partial charge in [-0.1, -0.05) is 31.2 Å². The van der Waals surface area contributed by atoms with Crippen LogP contribution in [-0.2, 0) is 6.42 Å². The quantitative estimate of drug-likeness (QED) is 0.792. The Balaban J connectivity index is 2.41. The molecular formula is C13H13NO. The fourth-order valence-corrected chi connectivity index (χ4v) is 1.56. The molecule has 0 saturated heterocycles. The molecule has 0 atom stereocenters. The average molecular weight is 199 g/mol. The first-order chi connectivity index (χ1) is 7.29. The van der Waals surface area contributed by atoms with Crippen LogP contribution < -0.4 is 5.56 Å². The van der Waals surface area contributed by atoms with Gasteiger partial charge in [0.1, 0.15) is 0 Å². The number of nitrogens with one attached hydrogen (secondary N) is 1. The zero-order chi connectivity index (χ0) is 10.7. The van der Waals surface area contributed by atoms with Crippen LogP contribution in [0.25, 0.3) is 11.1 Å². The minimum absolute atomic E-state index is 0.0629. The van der Waals surface area contributed by atoms with Gasteiger partial charge in [-0.25, -0.2) is 0 Å². The third-order valence-electron chi connectivity index (χ3n) is 2.47. The average Bonchev–Trinajstić information content (AvgIpc) is 2.29. The summed E-state index contributed by atoms with van der Waals surface area (Å²) in [6.07, 6.45) is 2.71. The normalized spacial score (nSPS) is 10.2. The van der Waals surface area contributed by atoms with Gasteiger partial charge in [-0.05, 0) is 29.2 Å². The number of hydrogen-bond acceptors (Lipinski definition) is 1. The molecule has 2 nitrogen and oxygen atoms in total. The van der Waals surface area contributed by atoms with E-state index in [9.17, 15) is 4.79 Å². The minimum Gasteiger partial charge on any atom is -0.329 e. The monoisotopic (exact) mass is 199 g/mol. The largest absolute Gasteiger partial charge is 0.329 e. The summed E-state index contributed by atoms with van der Waals surface area (Å²) >= 11 is 0. The Morgan fingerprint density at radius 2 is 1.80 bits per heavy atom. The van der Waals surface area contributed by atoms with Crippen LogP contribution in [0.4, 0.5) is 0 Å². The summed E-state index contributed by atoms with van der Waals surface area (Å²) in [5.74, 6) is 0. The summed E-state index contributed by atoms with van der Waals surface area (Å²) in [5, 5.41) is 0. The predicted molar refractivity (Wildman–Crippen MR) is 61.9 cm³/mol. The molecule has 0 amide bonds. The lowest BCUT2D eigenvalue weighted by Gasteiger charge is -2.01. The Hall–Kier alpha value is -1.83. The van der Waals surface area contributed by atoms with Gasteiger partial charge in [-0.2, -0.15) is 0 Å². The van der Waals surface area contributed by atoms with Gasteiger partial charge in [-0.15, -0.1) is 0 Å². The van der Waals surface area contributed by atoms with Crippen molar-refractivity contribution in [2.75, 3.05) is 0 Å². The molecule has 1 N–H and O–H groups in total. The van der Waals surface area contributed by atoms with Crippen molar-refractivity contribution in [2.24, 2.45) is 0 Å². The number of benzene rings is 1. The summed E-state index contributed by atoms with van der Waals surface area (Å²) < 4.78 is 0. The van der Waals surface area contributed by atoms with Crippen LogP contribution in [0.2, 0.25) is 0 Å². The van der Waals surface area contributed by atoms with Gasteiger partial charge in [0, 0.05) is 12.3 Å². The maximum Gasteiger partial charge on any atom is 0.248 e. The van der Waals surface area contributed by atoms with Gasteiger partial charge in [0.05, 0.1) is 0 Å². The van der Waals surface area contributed by atoms with E-state index in [1.54, 1.807) is 12.3 Å². The third-order valence-corrected chi connectivity index (χ3v) is 2.47. The number of aromatic amines is 1. The van der Waals surface area contributed by atoms with E-state index < -0.39 is 0 Å². The van der Waals surface area contributed by atoms with Crippen molar-refractivity contribution in [3.05, 3.63) is 58.5 Å². The van der Waals surface area contributed by atoms with Crippen molar-refractivity contribution in [1.82, 2.24) is 4.98 Å². The van der Waals surface area contributed by atoms with Crippen LogP contribution >= 0.6 is 0 Å². The summed E-state index contributed by atoms with van der Waals surface area (Å²) in [7, 11) is 0. The van der Waals surface area contributed by atoms with Crippen molar-refractivity contribution in [1.29, 1.82) is 0 Å². The highest BCUT2D eigenvalue weighted by atomic mass is 16.1. The maximum atomic E-state index is 11.1. The number of pyridine rings is 1. The van der Waals surface area contributed by atoms with Crippen LogP contribution in [0, 0.1) is 0 Å². The Kier molecular flexibility index (Phi) is 2.68. The summed E-state index contributed by atoms with van der Waals surface area (Å²) in [5.41, 5.74) is 3.29. The van der Waals surface area contributed by atoms with Crippen LogP contribution in [0.5, 0.6) is 0 Å². The molecule has 0 bridgehead atoms. The molecule has 0 radical (unpaired) electrons. The van der Waals surface area contributed by atoms with Crippen molar-refractivity contribution < 1.29 is 0 Å². The highest BCUT2D eigenvalue weighted by Gasteiger charge is 1.97. The van der Waals surface area contributed by atoms with E-state index in [4.69, 9.17) is 0 Å². The van der Waals surface area contributed by atoms with E-state index in [1.807, 2.05) is 18.2 Å². The highest BCUT2D eigenvalue weighted by molar-refractivity contribution is 5.62. The molecule has 1 heterocycles. The van der Waals surface area contributed by atoms with Gasteiger partial charge in [0.15, 0.2) is 0 Å². The van der Waals surface area contributed by atoms with Crippen molar-refractivity contribution >= 4 is 0 Å². The molecule has 0 unspecified atom stereocenters. The number of aromatic nitrogens is 1. The number of aryl methyl sites for hydroxylation is 1. The predicted octanol–water partition coefficient (Wildman–Crippen LogP) is 2.60. The minimum atomic E-state index is -0.0629. The van der Waals surface area contributed by atoms with E-state index in [2.05, 4.69) is 24.0 Å². The van der Waals surface area contributed by atoms with E-state index >= 15 is 0 Å². The number of H-pyrrole nitrogens is 1. The molecule has 0 aliphatic rings. The lowest BCUT2D eigenvalue weighted by molar-refractivity contribution is 1.14. The molecule has 1 aromatic heterocycles. The molecular weight excluding hydrogens is 186 g/mol. The molecule has 0 spiro atoms. The zero-order valence-corrected chi connectivity index (χ0v) is 8.66. The first-order valence-corrected chi connectivity index (χ1v) is 5.07. The fourth-order valence-electron chi connectivity index (χ4n) is 1.56. The Morgan fingerprint density at radius 1 is 1.07 bits per heavy atom. The molecule has 76 valence electrons. The standard InChI is InChI=1S/C13H13NO/c1-2-10-3-5-11(6-4-10)12-7-8-14-13(15)9-12/h3-9H,2H2,1H3,(H,14,15). The van der Waals surface area contributed by atoms with Crippen LogP contribution in [-0.4, -0.2) is 4.98 Å². The topological polar surface area (TPSA) is 32.9 Å². The van der Waals surface area contributed by atoms with Crippen molar-refractivity contribution in [3.63, 3.8) is 0 Å². The zero-order valence-electron chi connectivity index (χ0n) is 8.66. The molecule has 0 fully saturated rings. The molecule has 2 rings (SSSR count). The lowest BCUT2D eigenvalue weighted by Crippen LogP contribution is -2.01. The highest BCUT2D eigenvalue weighted by Crippen LogP contribution is 2.17. The second kappa shape index (κ2) is 4.13. The van der Waals surface area contributed by atoms with E-state index in [0.29, 0.717) is 0 Å². The summed E-state index contributed by atoms with van der Waals surface area (Å²) in [4.78, 5) is 13.7. The molecule has 0 saturated carbocycles. The Morgan fingerprint density at radius 3 is 2.40 bits per heavy atom. The van der Waals surface area contributed by atoms with E-state index in [-0.39, 0.29) is 5.56 Å². The number of rotatable bonds is 2. The molecule has 0 aliphatic carbocycles. The fraction of sp³-hybridized carbons (Fsp3) is 0.154. The number of hydrogen-bond donors (Lipinski definition) is 1. The SMILES string of the molecule is CCc1ccc(-c2cc[nH]c(=O)c2)cc1. The molecule has 0 aliphatic heterocycles. The van der Waals surface area contributed by atoms with Gasteiger partial charge in [-0.3, -0.25) is 4.79 Å². The maximum absolute atomic E-state index is 11.1. The summed E-state index contributed by atoms with van der Waals surface area (Å²) in [6.45, 7) is 2.13. The first kappa shape index (κ1) is 9.71.